The molecule has 0 spiro atoms. The lowest BCUT2D eigenvalue weighted by Gasteiger charge is -2.30. The number of ether oxygens (including phenoxy) is 2. The normalized spacial score (nSPS) is 18.3. The number of para-hydroxylation sites is 2. The first kappa shape index (κ1) is 14.4. The average Bonchev–Trinajstić information content (AvgIpc) is 2.50. The molecule has 2 atom stereocenters. The Balaban J connectivity index is 1.69. The highest BCUT2D eigenvalue weighted by atomic mass is 79.9. The molecule has 0 saturated carbocycles. The van der Waals surface area contributed by atoms with Crippen molar-refractivity contribution in [2.75, 3.05) is 6.61 Å². The molecule has 0 amide bonds. The van der Waals surface area contributed by atoms with Crippen molar-refractivity contribution in [3.63, 3.8) is 0 Å². The molecule has 0 saturated heterocycles. The molecule has 2 N–H and O–H groups in total. The number of hydrogen-bond acceptors (Lipinski definition) is 3. The van der Waals surface area contributed by atoms with E-state index in [0.29, 0.717) is 23.2 Å². The van der Waals surface area contributed by atoms with Crippen LogP contribution in [0.2, 0.25) is 0 Å². The molecule has 0 aliphatic carbocycles. The Labute approximate surface area is 131 Å². The zero-order chi connectivity index (χ0) is 14.8. The van der Waals surface area contributed by atoms with Crippen molar-refractivity contribution in [3.05, 3.63) is 58.3 Å². The lowest BCUT2D eigenvalue weighted by atomic mass is 10.0. The van der Waals surface area contributed by atoms with E-state index in [9.17, 15) is 4.39 Å². The van der Waals surface area contributed by atoms with Gasteiger partial charge in [0, 0.05) is 6.04 Å². The molecule has 110 valence electrons. The van der Waals surface area contributed by atoms with Gasteiger partial charge in [-0.05, 0) is 52.2 Å². The highest BCUT2D eigenvalue weighted by Crippen LogP contribution is 2.31. The number of nitrogens with two attached hydrogens (primary N) is 1. The van der Waals surface area contributed by atoms with Crippen LogP contribution in [0.1, 0.15) is 5.56 Å². The largest absolute Gasteiger partial charge is 0.486 e. The van der Waals surface area contributed by atoms with Gasteiger partial charge in [-0.1, -0.05) is 18.2 Å². The predicted molar refractivity (Wildman–Crippen MR) is 82.1 cm³/mol. The second-order valence-electron chi connectivity index (χ2n) is 5.03. The van der Waals surface area contributed by atoms with Gasteiger partial charge in [-0.3, -0.25) is 0 Å². The highest BCUT2D eigenvalue weighted by molar-refractivity contribution is 9.10. The van der Waals surface area contributed by atoms with Gasteiger partial charge in [0.15, 0.2) is 11.5 Å². The molecule has 0 bridgehead atoms. The second-order valence-corrected chi connectivity index (χ2v) is 5.88. The standard InChI is InChI=1S/C16H15BrFNO2/c17-11-7-10(5-6-12(11)18)8-13(19)16-9-20-14-3-1-2-4-15(14)21-16/h1-7,13,16H,8-9,19H2. The second kappa shape index (κ2) is 6.03. The molecule has 0 fully saturated rings. The van der Waals surface area contributed by atoms with Crippen molar-refractivity contribution in [3.8, 4) is 11.5 Å². The van der Waals surface area contributed by atoms with E-state index in [-0.39, 0.29) is 18.0 Å². The van der Waals surface area contributed by atoms with E-state index < -0.39 is 0 Å². The molecule has 5 heteroatoms. The van der Waals surface area contributed by atoms with E-state index in [1.165, 1.54) is 6.07 Å². The predicted octanol–water partition coefficient (Wildman–Crippen LogP) is 3.30. The third-order valence-electron chi connectivity index (χ3n) is 3.46. The fourth-order valence-electron chi connectivity index (χ4n) is 2.32. The number of hydrogen-bond donors (Lipinski definition) is 1. The summed E-state index contributed by atoms with van der Waals surface area (Å²) >= 11 is 3.18. The van der Waals surface area contributed by atoms with Gasteiger partial charge in [0.2, 0.25) is 0 Å². The topological polar surface area (TPSA) is 44.5 Å². The van der Waals surface area contributed by atoms with Gasteiger partial charge in [0.1, 0.15) is 18.5 Å². The molecule has 2 aromatic carbocycles. The van der Waals surface area contributed by atoms with E-state index in [0.717, 1.165) is 11.3 Å². The maximum Gasteiger partial charge on any atom is 0.161 e. The summed E-state index contributed by atoms with van der Waals surface area (Å²) in [5.74, 6) is 1.17. The van der Waals surface area contributed by atoms with Crippen molar-refractivity contribution in [1.82, 2.24) is 0 Å². The van der Waals surface area contributed by atoms with E-state index in [4.69, 9.17) is 15.2 Å². The minimum Gasteiger partial charge on any atom is -0.486 e. The fourth-order valence-corrected chi connectivity index (χ4v) is 2.74. The van der Waals surface area contributed by atoms with Gasteiger partial charge in [-0.25, -0.2) is 4.39 Å². The summed E-state index contributed by atoms with van der Waals surface area (Å²) in [5, 5.41) is 0. The van der Waals surface area contributed by atoms with Crippen LogP contribution in [0, 0.1) is 5.82 Å². The zero-order valence-corrected chi connectivity index (χ0v) is 12.8. The zero-order valence-electron chi connectivity index (χ0n) is 11.3. The van der Waals surface area contributed by atoms with E-state index >= 15 is 0 Å². The van der Waals surface area contributed by atoms with Gasteiger partial charge in [0.25, 0.3) is 0 Å². The summed E-state index contributed by atoms with van der Waals surface area (Å²) in [5.41, 5.74) is 7.17. The van der Waals surface area contributed by atoms with Gasteiger partial charge in [0.05, 0.1) is 4.47 Å². The Hall–Kier alpha value is -1.59. The minimum absolute atomic E-state index is 0.219. The Morgan fingerprint density at radius 3 is 2.76 bits per heavy atom. The van der Waals surface area contributed by atoms with Crippen molar-refractivity contribution in [2.45, 2.75) is 18.6 Å². The van der Waals surface area contributed by atoms with Gasteiger partial charge in [-0.15, -0.1) is 0 Å². The monoisotopic (exact) mass is 351 g/mol. The molecule has 21 heavy (non-hydrogen) atoms. The Bertz CT molecular complexity index is 650. The average molecular weight is 352 g/mol. The molecule has 2 unspecified atom stereocenters. The molecular formula is C16H15BrFNO2. The van der Waals surface area contributed by atoms with Crippen LogP contribution in [-0.2, 0) is 6.42 Å². The lowest BCUT2D eigenvalue weighted by molar-refractivity contribution is 0.0723. The SMILES string of the molecule is NC(Cc1ccc(F)c(Br)c1)C1COc2ccccc2O1. The molecule has 0 aromatic heterocycles. The van der Waals surface area contributed by atoms with Crippen LogP contribution in [0.25, 0.3) is 0 Å². The van der Waals surface area contributed by atoms with Crippen molar-refractivity contribution in [2.24, 2.45) is 5.73 Å². The third-order valence-corrected chi connectivity index (χ3v) is 4.07. The molecule has 3 nitrogen and oxygen atoms in total. The number of benzene rings is 2. The molecule has 3 rings (SSSR count). The first-order chi connectivity index (χ1) is 10.1. The Morgan fingerprint density at radius 1 is 1.24 bits per heavy atom. The van der Waals surface area contributed by atoms with Crippen molar-refractivity contribution < 1.29 is 13.9 Å². The molecule has 1 heterocycles. The van der Waals surface area contributed by atoms with E-state index in [1.54, 1.807) is 12.1 Å². The summed E-state index contributed by atoms with van der Waals surface area (Å²) in [6.07, 6.45) is 0.374. The fraction of sp³-hybridized carbons (Fsp3) is 0.250. The molecule has 2 aromatic rings. The Morgan fingerprint density at radius 2 is 2.00 bits per heavy atom. The maximum absolute atomic E-state index is 13.2. The quantitative estimate of drug-likeness (QED) is 0.922. The first-order valence-electron chi connectivity index (χ1n) is 6.71. The smallest absolute Gasteiger partial charge is 0.161 e. The number of fused-ring (bicyclic) bond motifs is 1. The molecular weight excluding hydrogens is 337 g/mol. The lowest BCUT2D eigenvalue weighted by Crippen LogP contribution is -2.46. The van der Waals surface area contributed by atoms with Crippen molar-refractivity contribution in [1.29, 1.82) is 0 Å². The highest BCUT2D eigenvalue weighted by Gasteiger charge is 2.26. The van der Waals surface area contributed by atoms with E-state index in [2.05, 4.69) is 15.9 Å². The first-order valence-corrected chi connectivity index (χ1v) is 7.51. The minimum atomic E-state index is -0.279. The summed E-state index contributed by atoms with van der Waals surface area (Å²) in [6, 6.07) is 12.2. The van der Waals surface area contributed by atoms with Crippen molar-refractivity contribution >= 4 is 15.9 Å². The van der Waals surface area contributed by atoms with Crippen LogP contribution >= 0.6 is 15.9 Å². The summed E-state index contributed by atoms with van der Waals surface area (Å²) in [6.45, 7) is 0.417. The third kappa shape index (κ3) is 3.19. The molecule has 1 aliphatic rings. The number of rotatable bonds is 3. The summed E-state index contributed by atoms with van der Waals surface area (Å²) < 4.78 is 25.2. The van der Waals surface area contributed by atoms with Crippen LogP contribution < -0.4 is 15.2 Å². The van der Waals surface area contributed by atoms with Crippen LogP contribution in [0.4, 0.5) is 4.39 Å². The van der Waals surface area contributed by atoms with Gasteiger partial charge in [-0.2, -0.15) is 0 Å². The van der Waals surface area contributed by atoms with Gasteiger partial charge >= 0.3 is 0 Å². The summed E-state index contributed by atoms with van der Waals surface area (Å²) in [7, 11) is 0. The van der Waals surface area contributed by atoms with E-state index in [1.807, 2.05) is 24.3 Å². The van der Waals surface area contributed by atoms with Gasteiger partial charge < -0.3 is 15.2 Å². The maximum atomic E-state index is 13.2. The Kier molecular flexibility index (Phi) is 4.12. The van der Waals surface area contributed by atoms with Crippen LogP contribution in [-0.4, -0.2) is 18.8 Å². The van der Waals surface area contributed by atoms with Crippen LogP contribution in [0.3, 0.4) is 0 Å². The van der Waals surface area contributed by atoms with Crippen LogP contribution in [0.5, 0.6) is 11.5 Å². The molecule has 1 aliphatic heterocycles. The molecule has 0 radical (unpaired) electrons. The van der Waals surface area contributed by atoms with Crippen LogP contribution in [0.15, 0.2) is 46.9 Å². The summed E-state index contributed by atoms with van der Waals surface area (Å²) in [4.78, 5) is 0. The number of halogens is 2.